The van der Waals surface area contributed by atoms with Crippen molar-refractivity contribution in [3.05, 3.63) is 29.8 Å². The molecule has 2 aliphatic rings. The quantitative estimate of drug-likeness (QED) is 0.910. The van der Waals surface area contributed by atoms with E-state index in [1.807, 2.05) is 12.1 Å². The van der Waals surface area contributed by atoms with Crippen molar-refractivity contribution in [2.75, 3.05) is 6.54 Å². The van der Waals surface area contributed by atoms with Crippen LogP contribution in [0, 0.1) is 0 Å². The number of sulfonamides is 1. The van der Waals surface area contributed by atoms with Crippen molar-refractivity contribution in [2.45, 2.75) is 56.2 Å². The number of hydrogen-bond acceptors (Lipinski definition) is 3. The Balaban J connectivity index is 1.65. The van der Waals surface area contributed by atoms with Gasteiger partial charge in [0.2, 0.25) is 10.0 Å². The van der Waals surface area contributed by atoms with Crippen LogP contribution < -0.4 is 0 Å². The standard InChI is InChI=1S/C16H23NO3S/c18-15-8-5-13(6-9-15)4-7-14-3-1-2-12-17(14)21(19,20)16-10-11-16/h5-6,8-9,14,16,18H,1-4,7,10-12H2. The molecule has 1 aromatic carbocycles. The smallest absolute Gasteiger partial charge is 0.217 e. The monoisotopic (exact) mass is 309 g/mol. The molecule has 0 radical (unpaired) electrons. The fourth-order valence-corrected chi connectivity index (χ4v) is 5.28. The summed E-state index contributed by atoms with van der Waals surface area (Å²) in [5.41, 5.74) is 1.15. The molecular formula is C16H23NO3S. The minimum Gasteiger partial charge on any atom is -0.508 e. The number of nitrogens with zero attached hydrogens (tertiary/aromatic N) is 1. The summed E-state index contributed by atoms with van der Waals surface area (Å²) in [6, 6.07) is 7.36. The van der Waals surface area contributed by atoms with Gasteiger partial charge in [0.25, 0.3) is 0 Å². The third-order valence-electron chi connectivity index (χ3n) is 4.55. The zero-order chi connectivity index (χ0) is 14.9. The lowest BCUT2D eigenvalue weighted by Gasteiger charge is -2.35. The van der Waals surface area contributed by atoms with E-state index in [2.05, 4.69) is 0 Å². The highest BCUT2D eigenvalue weighted by atomic mass is 32.2. The highest BCUT2D eigenvalue weighted by molar-refractivity contribution is 7.90. The molecule has 1 aliphatic carbocycles. The van der Waals surface area contributed by atoms with E-state index in [1.54, 1.807) is 16.4 Å². The van der Waals surface area contributed by atoms with Crippen LogP contribution in [-0.4, -0.2) is 35.7 Å². The predicted octanol–water partition coefficient (Wildman–Crippen LogP) is 2.67. The lowest BCUT2D eigenvalue weighted by molar-refractivity contribution is 0.240. The lowest BCUT2D eigenvalue weighted by Crippen LogP contribution is -2.45. The van der Waals surface area contributed by atoms with Crippen molar-refractivity contribution >= 4 is 10.0 Å². The Kier molecular flexibility index (Phi) is 4.22. The zero-order valence-electron chi connectivity index (χ0n) is 12.2. The third kappa shape index (κ3) is 3.40. The Morgan fingerprint density at radius 2 is 1.81 bits per heavy atom. The Morgan fingerprint density at radius 1 is 1.10 bits per heavy atom. The molecule has 1 atom stereocenters. The maximum Gasteiger partial charge on any atom is 0.217 e. The maximum absolute atomic E-state index is 12.5. The molecule has 1 N–H and O–H groups in total. The molecule has 4 nitrogen and oxygen atoms in total. The Labute approximate surface area is 126 Å². The van der Waals surface area contributed by atoms with Crippen molar-refractivity contribution < 1.29 is 13.5 Å². The van der Waals surface area contributed by atoms with E-state index in [9.17, 15) is 13.5 Å². The van der Waals surface area contributed by atoms with Gasteiger partial charge in [0, 0.05) is 12.6 Å². The number of aryl methyl sites for hydroxylation is 1. The summed E-state index contributed by atoms with van der Waals surface area (Å²) >= 11 is 0. The fourth-order valence-electron chi connectivity index (χ4n) is 3.15. The Morgan fingerprint density at radius 3 is 2.48 bits per heavy atom. The van der Waals surface area contributed by atoms with Crippen LogP contribution in [0.4, 0.5) is 0 Å². The van der Waals surface area contributed by atoms with Crippen LogP contribution in [0.25, 0.3) is 0 Å². The van der Waals surface area contributed by atoms with Crippen LogP contribution in [0.15, 0.2) is 24.3 Å². The summed E-state index contributed by atoms with van der Waals surface area (Å²) < 4.78 is 26.8. The van der Waals surface area contributed by atoms with Gasteiger partial charge in [0.1, 0.15) is 5.75 Å². The number of aromatic hydroxyl groups is 1. The number of benzene rings is 1. The lowest BCUT2D eigenvalue weighted by atomic mass is 9.98. The van der Waals surface area contributed by atoms with Crippen molar-refractivity contribution in [1.29, 1.82) is 0 Å². The van der Waals surface area contributed by atoms with E-state index in [1.165, 1.54) is 0 Å². The normalized spacial score (nSPS) is 24.1. The highest BCUT2D eigenvalue weighted by Crippen LogP contribution is 2.35. The average molecular weight is 309 g/mol. The van der Waals surface area contributed by atoms with Gasteiger partial charge in [-0.3, -0.25) is 0 Å². The predicted molar refractivity (Wildman–Crippen MR) is 82.7 cm³/mol. The molecule has 1 heterocycles. The summed E-state index contributed by atoms with van der Waals surface area (Å²) in [6.07, 6.45) is 6.49. The zero-order valence-corrected chi connectivity index (χ0v) is 13.1. The van der Waals surface area contributed by atoms with E-state index >= 15 is 0 Å². The van der Waals surface area contributed by atoms with Crippen LogP contribution >= 0.6 is 0 Å². The SMILES string of the molecule is O=S(=O)(C1CC1)N1CCCCC1CCc1ccc(O)cc1. The molecule has 116 valence electrons. The molecule has 1 aliphatic heterocycles. The van der Waals surface area contributed by atoms with Gasteiger partial charge in [-0.2, -0.15) is 4.31 Å². The van der Waals surface area contributed by atoms with Crippen molar-refractivity contribution in [2.24, 2.45) is 0 Å². The molecule has 0 spiro atoms. The van der Waals surface area contributed by atoms with Gasteiger partial charge in [0.15, 0.2) is 0 Å². The molecule has 1 unspecified atom stereocenters. The van der Waals surface area contributed by atoms with E-state index in [0.29, 0.717) is 6.54 Å². The number of piperidine rings is 1. The van der Waals surface area contributed by atoms with E-state index < -0.39 is 10.0 Å². The first kappa shape index (κ1) is 14.9. The van der Waals surface area contributed by atoms with Gasteiger partial charge in [-0.05, 0) is 56.2 Å². The molecule has 2 fully saturated rings. The van der Waals surface area contributed by atoms with Crippen LogP contribution in [0.1, 0.15) is 44.1 Å². The molecule has 1 saturated heterocycles. The van der Waals surface area contributed by atoms with Gasteiger partial charge in [0.05, 0.1) is 5.25 Å². The highest BCUT2D eigenvalue weighted by Gasteiger charge is 2.43. The molecule has 5 heteroatoms. The van der Waals surface area contributed by atoms with Gasteiger partial charge in [-0.25, -0.2) is 8.42 Å². The van der Waals surface area contributed by atoms with Gasteiger partial charge in [-0.1, -0.05) is 18.6 Å². The average Bonchev–Trinajstić information content (AvgIpc) is 3.32. The second kappa shape index (κ2) is 5.97. The molecule has 3 rings (SSSR count). The topological polar surface area (TPSA) is 57.6 Å². The van der Waals surface area contributed by atoms with Crippen LogP contribution in [-0.2, 0) is 16.4 Å². The van der Waals surface area contributed by atoms with E-state index in [0.717, 1.165) is 50.5 Å². The summed E-state index contributed by atoms with van der Waals surface area (Å²) in [5.74, 6) is 0.273. The fraction of sp³-hybridized carbons (Fsp3) is 0.625. The first-order valence-corrected chi connectivity index (χ1v) is 9.36. The second-order valence-corrected chi connectivity index (χ2v) is 8.38. The molecular weight excluding hydrogens is 286 g/mol. The summed E-state index contributed by atoms with van der Waals surface area (Å²) in [5, 5.41) is 9.20. The minimum atomic E-state index is -3.06. The van der Waals surface area contributed by atoms with E-state index in [-0.39, 0.29) is 17.0 Å². The molecule has 0 bridgehead atoms. The summed E-state index contributed by atoms with van der Waals surface area (Å²) in [4.78, 5) is 0. The van der Waals surface area contributed by atoms with Crippen LogP contribution in [0.3, 0.4) is 0 Å². The number of rotatable bonds is 5. The third-order valence-corrected chi connectivity index (χ3v) is 7.00. The Hall–Kier alpha value is -1.07. The largest absolute Gasteiger partial charge is 0.508 e. The van der Waals surface area contributed by atoms with Gasteiger partial charge in [-0.15, -0.1) is 0 Å². The second-order valence-electron chi connectivity index (χ2n) is 6.21. The first-order chi connectivity index (χ1) is 10.1. The molecule has 1 aromatic rings. The van der Waals surface area contributed by atoms with Gasteiger partial charge < -0.3 is 5.11 Å². The molecule has 21 heavy (non-hydrogen) atoms. The minimum absolute atomic E-state index is 0.105. The number of phenols is 1. The number of phenolic OH excluding ortho intramolecular Hbond substituents is 1. The molecule has 0 amide bonds. The van der Waals surface area contributed by atoms with Gasteiger partial charge >= 0.3 is 0 Å². The Bertz CT molecular complexity index is 578. The maximum atomic E-state index is 12.5. The van der Waals surface area contributed by atoms with Crippen molar-refractivity contribution in [3.8, 4) is 5.75 Å². The van der Waals surface area contributed by atoms with Crippen molar-refractivity contribution in [3.63, 3.8) is 0 Å². The van der Waals surface area contributed by atoms with E-state index in [4.69, 9.17) is 0 Å². The van der Waals surface area contributed by atoms with Crippen molar-refractivity contribution in [1.82, 2.24) is 4.31 Å². The van der Waals surface area contributed by atoms with Crippen LogP contribution in [0.5, 0.6) is 5.75 Å². The first-order valence-electron chi connectivity index (χ1n) is 7.86. The number of hydrogen-bond donors (Lipinski definition) is 1. The molecule has 0 aromatic heterocycles. The molecule has 1 saturated carbocycles. The summed E-state index contributed by atoms with van der Waals surface area (Å²) in [7, 11) is -3.06. The summed E-state index contributed by atoms with van der Waals surface area (Å²) in [6.45, 7) is 0.694. The van der Waals surface area contributed by atoms with Crippen LogP contribution in [0.2, 0.25) is 0 Å².